The van der Waals surface area contributed by atoms with Crippen molar-refractivity contribution in [2.24, 2.45) is 11.7 Å². The predicted octanol–water partition coefficient (Wildman–Crippen LogP) is 2.07. The van der Waals surface area contributed by atoms with Crippen molar-refractivity contribution in [3.63, 3.8) is 0 Å². The van der Waals surface area contributed by atoms with Gasteiger partial charge in [0, 0.05) is 18.0 Å². The van der Waals surface area contributed by atoms with E-state index in [4.69, 9.17) is 10.3 Å². The van der Waals surface area contributed by atoms with Gasteiger partial charge >= 0.3 is 0 Å². The van der Waals surface area contributed by atoms with Gasteiger partial charge < -0.3 is 15.6 Å². The molecular formula is C16H22N4O2. The summed E-state index contributed by atoms with van der Waals surface area (Å²) in [5.41, 5.74) is 7.62. The van der Waals surface area contributed by atoms with Gasteiger partial charge in [-0.3, -0.25) is 4.79 Å². The molecule has 0 saturated carbocycles. The summed E-state index contributed by atoms with van der Waals surface area (Å²) in [5.74, 6) is 0.534. The lowest BCUT2D eigenvalue weighted by Crippen LogP contribution is -2.35. The number of aryl methyl sites for hydroxylation is 1. The van der Waals surface area contributed by atoms with E-state index >= 15 is 0 Å². The summed E-state index contributed by atoms with van der Waals surface area (Å²) in [5, 5.41) is 6.79. The van der Waals surface area contributed by atoms with E-state index in [0.717, 1.165) is 12.0 Å². The van der Waals surface area contributed by atoms with Crippen LogP contribution in [-0.4, -0.2) is 22.6 Å². The van der Waals surface area contributed by atoms with Crippen LogP contribution in [0.3, 0.4) is 0 Å². The van der Waals surface area contributed by atoms with Crippen molar-refractivity contribution in [1.82, 2.24) is 15.5 Å². The Kier molecular flexibility index (Phi) is 5.27. The molecule has 0 aliphatic rings. The molecule has 3 N–H and O–H groups in total. The van der Waals surface area contributed by atoms with Crippen LogP contribution >= 0.6 is 0 Å². The van der Waals surface area contributed by atoms with Crippen molar-refractivity contribution in [1.29, 1.82) is 0 Å². The van der Waals surface area contributed by atoms with Crippen LogP contribution < -0.4 is 11.1 Å². The average molecular weight is 302 g/mol. The van der Waals surface area contributed by atoms with E-state index in [2.05, 4.69) is 22.4 Å². The van der Waals surface area contributed by atoms with Gasteiger partial charge in [-0.1, -0.05) is 43.3 Å². The van der Waals surface area contributed by atoms with E-state index in [9.17, 15) is 4.79 Å². The monoisotopic (exact) mass is 302 g/mol. The average Bonchev–Trinajstić information content (AvgIpc) is 3.04. The fraction of sp³-hybridized carbons (Fsp3) is 0.438. The molecule has 0 aliphatic heterocycles. The Morgan fingerprint density at radius 1 is 1.32 bits per heavy atom. The number of nitrogens with two attached hydrogens (primary N) is 1. The van der Waals surface area contributed by atoms with Crippen molar-refractivity contribution in [2.75, 3.05) is 6.54 Å². The summed E-state index contributed by atoms with van der Waals surface area (Å²) < 4.78 is 5.24. The smallest absolute Gasteiger partial charge is 0.249 e. The Balaban J connectivity index is 2.08. The third kappa shape index (κ3) is 3.71. The molecule has 1 aromatic heterocycles. The van der Waals surface area contributed by atoms with E-state index in [1.807, 2.05) is 24.3 Å². The minimum absolute atomic E-state index is 0.123. The summed E-state index contributed by atoms with van der Waals surface area (Å²) >= 11 is 0. The quantitative estimate of drug-likeness (QED) is 0.852. The van der Waals surface area contributed by atoms with Gasteiger partial charge in [-0.25, -0.2) is 0 Å². The molecule has 2 atom stereocenters. The van der Waals surface area contributed by atoms with Crippen molar-refractivity contribution >= 4 is 5.91 Å². The molecule has 1 amide bonds. The van der Waals surface area contributed by atoms with E-state index < -0.39 is 0 Å². The molecule has 2 unspecified atom stereocenters. The number of hydrogen-bond donors (Lipinski definition) is 2. The third-order valence-electron chi connectivity index (χ3n) is 3.59. The lowest BCUT2D eigenvalue weighted by molar-refractivity contribution is -0.125. The maximum absolute atomic E-state index is 11.8. The number of nitrogens with zero attached hydrogens (tertiary/aromatic N) is 2. The molecule has 6 nitrogen and oxygen atoms in total. The molecule has 0 saturated heterocycles. The molecule has 0 spiro atoms. The van der Waals surface area contributed by atoms with Crippen LogP contribution in [0.4, 0.5) is 0 Å². The van der Waals surface area contributed by atoms with E-state index in [0.29, 0.717) is 18.3 Å². The lowest BCUT2D eigenvalue weighted by atomic mass is 10.1. The number of carbonyl (C=O) groups is 1. The Labute approximate surface area is 130 Å². The second kappa shape index (κ2) is 7.17. The van der Waals surface area contributed by atoms with Crippen LogP contribution in [0.2, 0.25) is 0 Å². The van der Waals surface area contributed by atoms with Crippen LogP contribution in [0.25, 0.3) is 11.4 Å². The van der Waals surface area contributed by atoms with Crippen LogP contribution in [-0.2, 0) is 11.2 Å². The molecule has 1 aromatic carbocycles. The molecule has 22 heavy (non-hydrogen) atoms. The number of amides is 1. The van der Waals surface area contributed by atoms with Crippen molar-refractivity contribution < 1.29 is 9.32 Å². The van der Waals surface area contributed by atoms with Gasteiger partial charge in [0.25, 0.3) is 0 Å². The van der Waals surface area contributed by atoms with E-state index in [-0.39, 0.29) is 17.9 Å². The lowest BCUT2D eigenvalue weighted by Gasteiger charge is -2.13. The Morgan fingerprint density at radius 2 is 2.00 bits per heavy atom. The molecule has 0 radical (unpaired) electrons. The first kappa shape index (κ1) is 16.2. The second-order valence-electron chi connectivity index (χ2n) is 5.37. The SMILES string of the molecule is CCc1ccc(-c2noc(C(C)NC(=O)C(C)CN)n2)cc1. The van der Waals surface area contributed by atoms with Crippen LogP contribution in [0.15, 0.2) is 28.8 Å². The largest absolute Gasteiger partial charge is 0.344 e. The zero-order valence-electron chi connectivity index (χ0n) is 13.2. The first-order valence-corrected chi connectivity index (χ1v) is 7.48. The standard InChI is InChI=1S/C16H22N4O2/c1-4-12-5-7-13(8-6-12)14-19-16(22-20-14)11(3)18-15(21)10(2)9-17/h5-8,10-11H,4,9,17H2,1-3H3,(H,18,21). The van der Waals surface area contributed by atoms with Gasteiger partial charge in [-0.15, -0.1) is 0 Å². The molecule has 2 aromatic rings. The van der Waals surface area contributed by atoms with Crippen LogP contribution in [0.1, 0.15) is 38.3 Å². The van der Waals surface area contributed by atoms with Gasteiger partial charge in [0.2, 0.25) is 17.6 Å². The molecule has 0 bridgehead atoms. The van der Waals surface area contributed by atoms with Crippen molar-refractivity contribution in [3.8, 4) is 11.4 Å². The zero-order valence-corrected chi connectivity index (χ0v) is 13.2. The maximum Gasteiger partial charge on any atom is 0.249 e. The maximum atomic E-state index is 11.8. The highest BCUT2D eigenvalue weighted by Crippen LogP contribution is 2.19. The van der Waals surface area contributed by atoms with Gasteiger partial charge in [0.05, 0.1) is 0 Å². The number of aromatic nitrogens is 2. The van der Waals surface area contributed by atoms with Gasteiger partial charge in [-0.05, 0) is 18.9 Å². The van der Waals surface area contributed by atoms with Crippen molar-refractivity contribution in [2.45, 2.75) is 33.2 Å². The molecule has 0 fully saturated rings. The highest BCUT2D eigenvalue weighted by molar-refractivity contribution is 5.78. The fourth-order valence-corrected chi connectivity index (χ4v) is 1.94. The normalized spacial score (nSPS) is 13.6. The van der Waals surface area contributed by atoms with E-state index in [1.54, 1.807) is 13.8 Å². The first-order chi connectivity index (χ1) is 10.5. The van der Waals surface area contributed by atoms with Gasteiger partial charge in [0.15, 0.2) is 0 Å². The highest BCUT2D eigenvalue weighted by Gasteiger charge is 2.19. The zero-order chi connectivity index (χ0) is 16.1. The Bertz CT molecular complexity index is 621. The number of hydrogen-bond acceptors (Lipinski definition) is 5. The van der Waals surface area contributed by atoms with Gasteiger partial charge in [0.1, 0.15) is 6.04 Å². The Hall–Kier alpha value is -2.21. The number of rotatable bonds is 6. The number of carbonyl (C=O) groups excluding carboxylic acids is 1. The molecule has 1 heterocycles. The van der Waals surface area contributed by atoms with Crippen LogP contribution in [0, 0.1) is 5.92 Å². The van der Waals surface area contributed by atoms with Crippen LogP contribution in [0.5, 0.6) is 0 Å². The van der Waals surface area contributed by atoms with E-state index in [1.165, 1.54) is 5.56 Å². The fourth-order valence-electron chi connectivity index (χ4n) is 1.94. The predicted molar refractivity (Wildman–Crippen MR) is 83.9 cm³/mol. The molecule has 118 valence electrons. The summed E-state index contributed by atoms with van der Waals surface area (Å²) in [6.45, 7) is 5.99. The summed E-state index contributed by atoms with van der Waals surface area (Å²) in [7, 11) is 0. The first-order valence-electron chi connectivity index (χ1n) is 7.48. The van der Waals surface area contributed by atoms with Gasteiger partial charge in [-0.2, -0.15) is 4.98 Å². The molecule has 2 rings (SSSR count). The summed E-state index contributed by atoms with van der Waals surface area (Å²) in [4.78, 5) is 16.2. The molecular weight excluding hydrogens is 280 g/mol. The summed E-state index contributed by atoms with van der Waals surface area (Å²) in [6, 6.07) is 7.66. The topological polar surface area (TPSA) is 94.0 Å². The number of nitrogens with one attached hydrogen (secondary N) is 1. The Morgan fingerprint density at radius 3 is 2.59 bits per heavy atom. The number of benzene rings is 1. The highest BCUT2D eigenvalue weighted by atomic mass is 16.5. The van der Waals surface area contributed by atoms with Crippen molar-refractivity contribution in [3.05, 3.63) is 35.7 Å². The minimum atomic E-state index is -0.349. The molecule has 0 aliphatic carbocycles. The molecule has 6 heteroatoms. The minimum Gasteiger partial charge on any atom is -0.344 e. The third-order valence-corrected chi connectivity index (χ3v) is 3.59. The second-order valence-corrected chi connectivity index (χ2v) is 5.37. The summed E-state index contributed by atoms with van der Waals surface area (Å²) in [6.07, 6.45) is 0.986.